The van der Waals surface area contributed by atoms with Gasteiger partial charge in [-0.3, -0.25) is 9.79 Å². The number of methoxy groups -OCH3 is 1. The molecule has 0 saturated heterocycles. The van der Waals surface area contributed by atoms with Gasteiger partial charge in [0.2, 0.25) is 0 Å². The maximum absolute atomic E-state index is 11.0. The summed E-state index contributed by atoms with van der Waals surface area (Å²) in [5.41, 5.74) is 1.11. The highest BCUT2D eigenvalue weighted by atomic mass is 16.5. The molecule has 6 nitrogen and oxygen atoms in total. The molecular weight excluding hydrogens is 318 g/mol. The Hall–Kier alpha value is -2.24. The number of hydrogen-bond acceptors (Lipinski definition) is 4. The Balaban J connectivity index is 2.22. The maximum atomic E-state index is 11.0. The quantitative estimate of drug-likeness (QED) is 0.278. The lowest BCUT2D eigenvalue weighted by atomic mass is 10.1. The minimum Gasteiger partial charge on any atom is -0.494 e. The van der Waals surface area contributed by atoms with E-state index in [1.165, 1.54) is 7.11 Å². The molecule has 0 radical (unpaired) electrons. The highest BCUT2D eigenvalue weighted by molar-refractivity contribution is 5.79. The lowest BCUT2D eigenvalue weighted by Gasteiger charge is -2.14. The molecule has 1 rings (SSSR count). The number of carbonyl (C=O) groups excluding carboxylic acids is 1. The fraction of sp³-hybridized carbons (Fsp3) is 0.579. The first-order valence-electron chi connectivity index (χ1n) is 8.93. The number of carbonyl (C=O) groups is 1. The van der Waals surface area contributed by atoms with Gasteiger partial charge in [-0.25, -0.2) is 0 Å². The van der Waals surface area contributed by atoms with E-state index in [-0.39, 0.29) is 5.97 Å². The van der Waals surface area contributed by atoms with Crippen molar-refractivity contribution in [2.75, 3.05) is 27.3 Å². The number of ether oxygens (including phenoxy) is 2. The van der Waals surface area contributed by atoms with Gasteiger partial charge >= 0.3 is 5.97 Å². The molecule has 1 aromatic rings. The lowest BCUT2D eigenvalue weighted by molar-refractivity contribution is -0.140. The third-order valence-corrected chi connectivity index (χ3v) is 3.77. The van der Waals surface area contributed by atoms with Crippen LogP contribution >= 0.6 is 0 Å². The van der Waals surface area contributed by atoms with Gasteiger partial charge in [0.05, 0.1) is 13.7 Å². The van der Waals surface area contributed by atoms with Gasteiger partial charge in [0, 0.05) is 32.1 Å². The van der Waals surface area contributed by atoms with Gasteiger partial charge in [-0.1, -0.05) is 31.0 Å². The number of nitrogens with zero attached hydrogens (tertiary/aromatic N) is 1. The number of nitrogens with one attached hydrogen (secondary N) is 2. The molecule has 0 heterocycles. The van der Waals surface area contributed by atoms with Gasteiger partial charge in [-0.15, -0.1) is 0 Å². The minimum absolute atomic E-state index is 0.130. The van der Waals surface area contributed by atoms with Crippen molar-refractivity contribution in [1.82, 2.24) is 10.6 Å². The molecule has 0 aliphatic carbocycles. The third kappa shape index (κ3) is 8.98. The first-order valence-corrected chi connectivity index (χ1v) is 8.93. The summed E-state index contributed by atoms with van der Waals surface area (Å²) in [4.78, 5) is 15.3. The first-order chi connectivity index (χ1) is 12.2. The summed E-state index contributed by atoms with van der Waals surface area (Å²) in [6, 6.07) is 8.00. The van der Waals surface area contributed by atoms with E-state index < -0.39 is 0 Å². The molecule has 0 bridgehead atoms. The van der Waals surface area contributed by atoms with E-state index >= 15 is 0 Å². The second kappa shape index (κ2) is 13.1. The van der Waals surface area contributed by atoms with Crippen LogP contribution in [0.4, 0.5) is 0 Å². The Kier molecular flexibility index (Phi) is 10.9. The van der Waals surface area contributed by atoms with Gasteiger partial charge in [0.1, 0.15) is 5.75 Å². The van der Waals surface area contributed by atoms with Crippen molar-refractivity contribution in [1.29, 1.82) is 0 Å². The van der Waals surface area contributed by atoms with Crippen molar-refractivity contribution in [2.24, 2.45) is 4.99 Å². The number of rotatable bonds is 11. The van der Waals surface area contributed by atoms with Gasteiger partial charge in [-0.2, -0.15) is 0 Å². The largest absolute Gasteiger partial charge is 0.494 e. The molecule has 1 aromatic carbocycles. The zero-order valence-electron chi connectivity index (χ0n) is 15.6. The topological polar surface area (TPSA) is 72.0 Å². The smallest absolute Gasteiger partial charge is 0.305 e. The van der Waals surface area contributed by atoms with E-state index in [9.17, 15) is 4.79 Å². The van der Waals surface area contributed by atoms with E-state index in [0.29, 0.717) is 19.6 Å². The molecule has 0 aliphatic rings. The first kappa shape index (κ1) is 20.8. The standard InChI is InChI=1S/C19H31N3O3/c1-4-25-17-12-9-8-11-16(17)15-22-19(20-2)21-14-10-6-5-7-13-18(23)24-3/h8-9,11-12H,4-7,10,13-15H2,1-3H3,(H2,20,21,22). The van der Waals surface area contributed by atoms with Crippen molar-refractivity contribution < 1.29 is 14.3 Å². The van der Waals surface area contributed by atoms with E-state index in [4.69, 9.17) is 4.74 Å². The van der Waals surface area contributed by atoms with Gasteiger partial charge < -0.3 is 20.1 Å². The molecule has 0 fully saturated rings. The molecule has 0 aliphatic heterocycles. The average Bonchev–Trinajstić information content (AvgIpc) is 2.64. The second-order valence-electron chi connectivity index (χ2n) is 5.63. The number of benzene rings is 1. The number of hydrogen-bond donors (Lipinski definition) is 2. The number of esters is 1. The Morgan fingerprint density at radius 1 is 1.12 bits per heavy atom. The van der Waals surface area contributed by atoms with Crippen molar-refractivity contribution in [3.63, 3.8) is 0 Å². The predicted molar refractivity (Wildman–Crippen MR) is 101 cm³/mol. The zero-order chi connectivity index (χ0) is 18.3. The van der Waals surface area contributed by atoms with Crippen molar-refractivity contribution in [2.45, 2.75) is 45.6 Å². The van der Waals surface area contributed by atoms with Crippen LogP contribution in [0.25, 0.3) is 0 Å². The Morgan fingerprint density at radius 3 is 2.60 bits per heavy atom. The van der Waals surface area contributed by atoms with Gasteiger partial charge in [0.25, 0.3) is 0 Å². The number of para-hydroxylation sites is 1. The van der Waals surface area contributed by atoms with Crippen molar-refractivity contribution in [3.05, 3.63) is 29.8 Å². The van der Waals surface area contributed by atoms with Crippen LogP contribution in [-0.4, -0.2) is 39.2 Å². The van der Waals surface area contributed by atoms with Gasteiger partial charge in [-0.05, 0) is 25.8 Å². The number of unbranched alkanes of at least 4 members (excludes halogenated alkanes) is 3. The molecular formula is C19H31N3O3. The molecule has 25 heavy (non-hydrogen) atoms. The summed E-state index contributed by atoms with van der Waals surface area (Å²) in [6.07, 6.45) is 4.54. The SMILES string of the molecule is CCOc1ccccc1CNC(=NC)NCCCCCCC(=O)OC. The highest BCUT2D eigenvalue weighted by Crippen LogP contribution is 2.17. The van der Waals surface area contributed by atoms with Crippen LogP contribution in [0, 0.1) is 0 Å². The average molecular weight is 349 g/mol. The highest BCUT2D eigenvalue weighted by Gasteiger charge is 2.04. The summed E-state index contributed by atoms with van der Waals surface area (Å²) >= 11 is 0. The predicted octanol–water partition coefficient (Wildman–Crippen LogP) is 2.87. The van der Waals surface area contributed by atoms with E-state index in [1.807, 2.05) is 31.2 Å². The van der Waals surface area contributed by atoms with Crippen molar-refractivity contribution in [3.8, 4) is 5.75 Å². The molecule has 0 aromatic heterocycles. The molecule has 0 spiro atoms. The fourth-order valence-corrected chi connectivity index (χ4v) is 2.40. The summed E-state index contributed by atoms with van der Waals surface area (Å²) in [5.74, 6) is 1.55. The molecule has 0 unspecified atom stereocenters. The van der Waals surface area contributed by atoms with Crippen LogP contribution in [0.15, 0.2) is 29.3 Å². The van der Waals surface area contributed by atoms with Crippen LogP contribution in [0.2, 0.25) is 0 Å². The normalized spacial score (nSPS) is 11.1. The fourth-order valence-electron chi connectivity index (χ4n) is 2.40. The van der Waals surface area contributed by atoms with Crippen molar-refractivity contribution >= 4 is 11.9 Å². The maximum Gasteiger partial charge on any atom is 0.305 e. The van der Waals surface area contributed by atoms with Gasteiger partial charge in [0.15, 0.2) is 5.96 Å². The molecule has 140 valence electrons. The monoisotopic (exact) mass is 349 g/mol. The summed E-state index contributed by atoms with van der Waals surface area (Å²) in [5, 5.41) is 6.62. The number of aliphatic imine (C=N–C) groups is 1. The number of guanidine groups is 1. The van der Waals surface area contributed by atoms with Crippen LogP contribution in [-0.2, 0) is 16.1 Å². The summed E-state index contributed by atoms with van der Waals surface area (Å²) in [6.45, 7) is 4.15. The molecule has 2 N–H and O–H groups in total. The molecule has 0 atom stereocenters. The van der Waals surface area contributed by atoms with Crippen LogP contribution < -0.4 is 15.4 Å². The Bertz CT molecular complexity index is 532. The Morgan fingerprint density at radius 2 is 1.88 bits per heavy atom. The third-order valence-electron chi connectivity index (χ3n) is 3.77. The molecule has 6 heteroatoms. The lowest BCUT2D eigenvalue weighted by Crippen LogP contribution is -2.37. The van der Waals surface area contributed by atoms with E-state index in [1.54, 1.807) is 7.05 Å². The van der Waals surface area contributed by atoms with E-state index in [0.717, 1.165) is 49.5 Å². The molecule has 0 amide bonds. The second-order valence-corrected chi connectivity index (χ2v) is 5.63. The minimum atomic E-state index is -0.130. The summed E-state index contributed by atoms with van der Waals surface area (Å²) in [7, 11) is 3.19. The van der Waals surface area contributed by atoms with E-state index in [2.05, 4.69) is 20.4 Å². The van der Waals surface area contributed by atoms with Crippen LogP contribution in [0.3, 0.4) is 0 Å². The Labute approximate surface area is 151 Å². The van der Waals surface area contributed by atoms with Crippen LogP contribution in [0.5, 0.6) is 5.75 Å². The van der Waals surface area contributed by atoms with Crippen LogP contribution in [0.1, 0.15) is 44.6 Å². The zero-order valence-corrected chi connectivity index (χ0v) is 15.6. The molecule has 0 saturated carbocycles. The summed E-state index contributed by atoms with van der Waals surface area (Å²) < 4.78 is 10.3.